The zero-order chi connectivity index (χ0) is 11.7. The van der Waals surface area contributed by atoms with E-state index < -0.39 is 0 Å². The Kier molecular flexibility index (Phi) is 2.80. The lowest BCUT2D eigenvalue weighted by molar-refractivity contribution is 1.14. The first-order valence-corrected chi connectivity index (χ1v) is 5.64. The molecule has 0 spiro atoms. The molecule has 4 heteroatoms. The third-order valence-electron chi connectivity index (χ3n) is 2.40. The highest BCUT2D eigenvalue weighted by Gasteiger charge is 2.12. The number of benzene rings is 1. The summed E-state index contributed by atoms with van der Waals surface area (Å²) in [5.74, 6) is 0.755. The highest BCUT2D eigenvalue weighted by Crippen LogP contribution is 2.27. The molecule has 16 heavy (non-hydrogen) atoms. The number of nitrogens with one attached hydrogen (secondary N) is 1. The van der Waals surface area contributed by atoms with Gasteiger partial charge in [-0.1, -0.05) is 22.0 Å². The summed E-state index contributed by atoms with van der Waals surface area (Å²) in [6.07, 6.45) is 0. The molecule has 1 N–H and O–H groups in total. The number of aromatic amines is 1. The van der Waals surface area contributed by atoms with Crippen molar-refractivity contribution in [3.05, 3.63) is 39.8 Å². The Labute approximate surface area is 102 Å². The lowest BCUT2D eigenvalue weighted by Gasteiger charge is -2.04. The summed E-state index contributed by atoms with van der Waals surface area (Å²) in [6.45, 7) is 3.86. The van der Waals surface area contributed by atoms with Crippen LogP contribution in [0, 0.1) is 25.2 Å². The molecule has 0 aliphatic rings. The van der Waals surface area contributed by atoms with E-state index in [1.165, 1.54) is 0 Å². The van der Waals surface area contributed by atoms with Crippen LogP contribution in [0.5, 0.6) is 0 Å². The maximum atomic E-state index is 9.01. The van der Waals surface area contributed by atoms with Crippen molar-refractivity contribution < 1.29 is 0 Å². The Morgan fingerprint density at radius 2 is 2.12 bits per heavy atom. The summed E-state index contributed by atoms with van der Waals surface area (Å²) in [4.78, 5) is 7.27. The zero-order valence-electron chi connectivity index (χ0n) is 9.00. The first-order chi connectivity index (χ1) is 7.61. The number of aromatic nitrogens is 2. The van der Waals surface area contributed by atoms with Gasteiger partial charge in [-0.3, -0.25) is 0 Å². The highest BCUT2D eigenvalue weighted by molar-refractivity contribution is 9.10. The monoisotopic (exact) mass is 275 g/mol. The van der Waals surface area contributed by atoms with Crippen molar-refractivity contribution in [1.82, 2.24) is 9.97 Å². The number of aryl methyl sites for hydroxylation is 2. The van der Waals surface area contributed by atoms with E-state index in [0.29, 0.717) is 5.69 Å². The predicted octanol–water partition coefficient (Wildman–Crippen LogP) is 3.33. The summed E-state index contributed by atoms with van der Waals surface area (Å²) < 4.78 is 0.990. The number of halogens is 1. The van der Waals surface area contributed by atoms with Gasteiger partial charge >= 0.3 is 0 Å². The lowest BCUT2D eigenvalue weighted by atomic mass is 10.0. The fraction of sp³-hybridized carbons (Fsp3) is 0.167. The third kappa shape index (κ3) is 1.86. The number of imidazole rings is 1. The first-order valence-electron chi connectivity index (χ1n) is 4.85. The van der Waals surface area contributed by atoms with Gasteiger partial charge in [-0.25, -0.2) is 4.98 Å². The molecule has 0 atom stereocenters. The number of nitrogens with zero attached hydrogens (tertiary/aromatic N) is 2. The van der Waals surface area contributed by atoms with Crippen molar-refractivity contribution in [2.24, 2.45) is 0 Å². The van der Waals surface area contributed by atoms with Crippen molar-refractivity contribution in [2.75, 3.05) is 0 Å². The maximum absolute atomic E-state index is 9.01. The molecule has 80 valence electrons. The quantitative estimate of drug-likeness (QED) is 0.868. The molecule has 1 aromatic heterocycles. The van der Waals surface area contributed by atoms with Crippen molar-refractivity contribution in [1.29, 1.82) is 5.26 Å². The standard InChI is InChI=1S/C12H10BrN3/c1-7-3-4-9(13)5-10(7)12-11(6-14)15-8(2)16-12/h3-5H,1-2H3,(H,15,16). The van der Waals surface area contributed by atoms with Gasteiger partial charge in [-0.15, -0.1) is 0 Å². The molecule has 3 nitrogen and oxygen atoms in total. The van der Waals surface area contributed by atoms with E-state index in [4.69, 9.17) is 5.26 Å². The van der Waals surface area contributed by atoms with Crippen LogP contribution < -0.4 is 0 Å². The van der Waals surface area contributed by atoms with Crippen LogP contribution in [0.15, 0.2) is 22.7 Å². The molecule has 0 saturated carbocycles. The summed E-state index contributed by atoms with van der Waals surface area (Å²) in [5.41, 5.74) is 3.35. The Morgan fingerprint density at radius 3 is 2.81 bits per heavy atom. The van der Waals surface area contributed by atoms with E-state index >= 15 is 0 Å². The molecule has 2 aromatic rings. The Hall–Kier alpha value is -1.60. The maximum Gasteiger partial charge on any atom is 0.166 e. The van der Waals surface area contributed by atoms with E-state index in [1.54, 1.807) is 0 Å². The van der Waals surface area contributed by atoms with Crippen LogP contribution in [0.25, 0.3) is 11.3 Å². The molecule has 1 heterocycles. The number of nitriles is 1. The molecule has 1 aromatic carbocycles. The summed E-state index contributed by atoms with van der Waals surface area (Å²) in [5, 5.41) is 9.01. The zero-order valence-corrected chi connectivity index (χ0v) is 10.6. The van der Waals surface area contributed by atoms with Crippen LogP contribution in [0.1, 0.15) is 17.1 Å². The minimum Gasteiger partial charge on any atom is -0.341 e. The second kappa shape index (κ2) is 4.11. The predicted molar refractivity (Wildman–Crippen MR) is 65.9 cm³/mol. The van der Waals surface area contributed by atoms with Crippen LogP contribution in [0.4, 0.5) is 0 Å². The first kappa shape index (κ1) is 10.9. The molecule has 0 aliphatic carbocycles. The largest absolute Gasteiger partial charge is 0.341 e. The molecular formula is C12H10BrN3. The van der Waals surface area contributed by atoms with Crippen LogP contribution in [-0.2, 0) is 0 Å². The fourth-order valence-corrected chi connectivity index (χ4v) is 1.99. The number of hydrogen-bond donors (Lipinski definition) is 1. The normalized spacial score (nSPS) is 10.1. The SMILES string of the molecule is Cc1nc(C#N)c(-c2cc(Br)ccc2C)[nH]1. The van der Waals surface area contributed by atoms with Crippen molar-refractivity contribution in [3.63, 3.8) is 0 Å². The minimum atomic E-state index is 0.443. The Morgan fingerprint density at radius 1 is 1.38 bits per heavy atom. The molecule has 0 unspecified atom stereocenters. The smallest absolute Gasteiger partial charge is 0.166 e. The number of rotatable bonds is 1. The van der Waals surface area contributed by atoms with Crippen molar-refractivity contribution >= 4 is 15.9 Å². The Bertz CT molecular complexity index is 578. The second-order valence-electron chi connectivity index (χ2n) is 3.62. The lowest BCUT2D eigenvalue weighted by Crippen LogP contribution is -1.86. The van der Waals surface area contributed by atoms with Gasteiger partial charge in [0.1, 0.15) is 11.9 Å². The van der Waals surface area contributed by atoms with E-state index in [2.05, 4.69) is 32.0 Å². The van der Waals surface area contributed by atoms with Gasteiger partial charge in [-0.05, 0) is 31.5 Å². The van der Waals surface area contributed by atoms with E-state index in [1.807, 2.05) is 32.0 Å². The van der Waals surface area contributed by atoms with Gasteiger partial charge in [0, 0.05) is 10.0 Å². The van der Waals surface area contributed by atoms with Gasteiger partial charge in [-0.2, -0.15) is 5.26 Å². The van der Waals surface area contributed by atoms with Crippen molar-refractivity contribution in [3.8, 4) is 17.3 Å². The van der Waals surface area contributed by atoms with Gasteiger partial charge in [0.25, 0.3) is 0 Å². The topological polar surface area (TPSA) is 52.5 Å². The van der Waals surface area contributed by atoms with Gasteiger partial charge in [0.15, 0.2) is 5.69 Å². The van der Waals surface area contributed by atoms with Gasteiger partial charge < -0.3 is 4.98 Å². The summed E-state index contributed by atoms with van der Waals surface area (Å²) in [7, 11) is 0. The van der Waals surface area contributed by atoms with E-state index in [0.717, 1.165) is 27.1 Å². The Balaban J connectivity index is 2.67. The number of H-pyrrole nitrogens is 1. The van der Waals surface area contributed by atoms with Crippen LogP contribution in [-0.4, -0.2) is 9.97 Å². The van der Waals surface area contributed by atoms with Crippen LogP contribution in [0.2, 0.25) is 0 Å². The average molecular weight is 276 g/mol. The third-order valence-corrected chi connectivity index (χ3v) is 2.89. The highest BCUT2D eigenvalue weighted by atomic mass is 79.9. The summed E-state index contributed by atoms with van der Waals surface area (Å²) in [6, 6.07) is 8.08. The molecular weight excluding hydrogens is 266 g/mol. The second-order valence-corrected chi connectivity index (χ2v) is 4.53. The van der Waals surface area contributed by atoms with E-state index in [9.17, 15) is 0 Å². The van der Waals surface area contributed by atoms with Crippen LogP contribution in [0.3, 0.4) is 0 Å². The molecule has 0 aliphatic heterocycles. The fourth-order valence-electron chi connectivity index (χ4n) is 1.63. The number of hydrogen-bond acceptors (Lipinski definition) is 2. The van der Waals surface area contributed by atoms with E-state index in [-0.39, 0.29) is 0 Å². The molecule has 0 amide bonds. The molecule has 0 radical (unpaired) electrons. The van der Waals surface area contributed by atoms with Gasteiger partial charge in [0.05, 0.1) is 5.69 Å². The van der Waals surface area contributed by atoms with Crippen LogP contribution >= 0.6 is 15.9 Å². The molecule has 2 rings (SSSR count). The summed E-state index contributed by atoms with van der Waals surface area (Å²) >= 11 is 3.43. The molecule has 0 saturated heterocycles. The molecule has 0 fully saturated rings. The molecule has 0 bridgehead atoms. The van der Waals surface area contributed by atoms with Gasteiger partial charge in [0.2, 0.25) is 0 Å². The minimum absolute atomic E-state index is 0.443. The van der Waals surface area contributed by atoms with Crippen molar-refractivity contribution in [2.45, 2.75) is 13.8 Å². The average Bonchev–Trinajstić information content (AvgIpc) is 2.63.